The minimum absolute atomic E-state index is 0.261. The molecule has 0 aliphatic heterocycles. The first-order valence-electron chi connectivity index (χ1n) is 24.1. The molecule has 0 radical (unpaired) electrons. The van der Waals surface area contributed by atoms with Crippen LogP contribution in [0.2, 0.25) is 0 Å². The summed E-state index contributed by atoms with van der Waals surface area (Å²) < 4.78 is 0. The molecule has 13 aromatic carbocycles. The average Bonchev–Trinajstić information content (AvgIpc) is 3.44. The number of fused-ring (bicyclic) bond motifs is 6. The molecule has 0 N–H and O–H groups in total. The number of hydrogen-bond donors (Lipinski definition) is 0. The number of hydrogen-bond acceptors (Lipinski definition) is 2. The van der Waals surface area contributed by atoms with E-state index in [-0.39, 0.29) is 16.8 Å². The number of benzene rings is 13. The standard InChI is InChI=1S/C69H39N3/c1-72-69-67(47-34-30-44(31-35-47)64-57-22-10-4-16-51(57)39-52-17-5-11-23-58(52)64)61(41-70)66(46-28-26-43(27-29-46)63-55-20-8-2-14-49(55)38-50-15-3-9-21-56(50)63)62(42-71)68(69)48-36-32-45(33-37-48)65-59-24-12-6-18-53(59)40-54-19-7-13-25-60(54)65/h2-40H. The van der Waals surface area contributed by atoms with E-state index in [0.29, 0.717) is 22.3 Å². The van der Waals surface area contributed by atoms with Crippen LogP contribution in [0.25, 0.3) is 136 Å². The zero-order chi connectivity index (χ0) is 48.3. The fraction of sp³-hybridized carbons (Fsp3) is 0. The lowest BCUT2D eigenvalue weighted by Crippen LogP contribution is -1.99. The van der Waals surface area contributed by atoms with Gasteiger partial charge in [-0.05, 0) is 133 Å². The highest BCUT2D eigenvalue weighted by molar-refractivity contribution is 6.16. The smallest absolute Gasteiger partial charge is 0.205 e. The molecule has 0 spiro atoms. The summed E-state index contributed by atoms with van der Waals surface area (Å²) in [5.41, 5.74) is 10.9. The topological polar surface area (TPSA) is 51.9 Å². The van der Waals surface area contributed by atoms with Gasteiger partial charge >= 0.3 is 0 Å². The number of nitriles is 2. The second-order valence-electron chi connectivity index (χ2n) is 18.4. The molecule has 3 nitrogen and oxygen atoms in total. The molecule has 0 aliphatic carbocycles. The van der Waals surface area contributed by atoms with E-state index in [1.807, 2.05) is 36.4 Å². The van der Waals surface area contributed by atoms with E-state index in [1.165, 1.54) is 0 Å². The van der Waals surface area contributed by atoms with Gasteiger partial charge in [-0.25, -0.2) is 4.85 Å². The van der Waals surface area contributed by atoms with Gasteiger partial charge < -0.3 is 0 Å². The van der Waals surface area contributed by atoms with Gasteiger partial charge in [-0.15, -0.1) is 0 Å². The zero-order valence-corrected chi connectivity index (χ0v) is 38.9. The molecule has 3 heteroatoms. The van der Waals surface area contributed by atoms with Crippen molar-refractivity contribution in [3.8, 4) is 78.9 Å². The summed E-state index contributed by atoms with van der Waals surface area (Å²) in [6.45, 7) is 8.92. The van der Waals surface area contributed by atoms with Gasteiger partial charge in [0.05, 0.1) is 29.8 Å². The van der Waals surface area contributed by atoms with Gasteiger partial charge in [-0.1, -0.05) is 218 Å². The first kappa shape index (κ1) is 42.0. The minimum Gasteiger partial charge on any atom is -0.237 e. The lowest BCUT2D eigenvalue weighted by Gasteiger charge is -2.21. The SMILES string of the molecule is [C-]#[N+]c1c(-c2ccc(-c3c4ccccc4cc4ccccc34)cc2)c(C#N)c(-c2ccc(-c3c4ccccc4cc4ccccc34)cc2)c(C#N)c1-c1ccc(-c2c3ccccc3cc3ccccc23)cc1. The van der Waals surface area contributed by atoms with Crippen LogP contribution >= 0.6 is 0 Å². The van der Waals surface area contributed by atoms with Crippen molar-refractivity contribution in [2.45, 2.75) is 0 Å². The molecular formula is C69H39N3. The Morgan fingerprint density at radius 2 is 0.472 bits per heavy atom. The van der Waals surface area contributed by atoms with Crippen LogP contribution in [0.3, 0.4) is 0 Å². The molecule has 0 bridgehead atoms. The van der Waals surface area contributed by atoms with E-state index in [1.54, 1.807) is 0 Å². The van der Waals surface area contributed by atoms with Gasteiger partial charge in [0.1, 0.15) is 0 Å². The van der Waals surface area contributed by atoms with E-state index < -0.39 is 0 Å². The van der Waals surface area contributed by atoms with E-state index in [9.17, 15) is 10.5 Å². The Morgan fingerprint density at radius 3 is 0.694 bits per heavy atom. The molecule has 0 unspecified atom stereocenters. The second-order valence-corrected chi connectivity index (χ2v) is 18.4. The third-order valence-corrected chi connectivity index (χ3v) is 14.5. The molecule has 13 aromatic rings. The van der Waals surface area contributed by atoms with Crippen LogP contribution in [0.1, 0.15) is 11.1 Å². The van der Waals surface area contributed by atoms with E-state index in [0.717, 1.165) is 109 Å². The van der Waals surface area contributed by atoms with Gasteiger partial charge in [-0.3, -0.25) is 0 Å². The number of nitrogens with zero attached hydrogens (tertiary/aromatic N) is 3. The van der Waals surface area contributed by atoms with Crippen molar-refractivity contribution in [1.82, 2.24) is 0 Å². The van der Waals surface area contributed by atoms with Crippen molar-refractivity contribution in [2.75, 3.05) is 0 Å². The summed E-state index contributed by atoms with van der Waals surface area (Å²) in [6.07, 6.45) is 0. The van der Waals surface area contributed by atoms with Crippen molar-refractivity contribution in [1.29, 1.82) is 10.5 Å². The Balaban J connectivity index is 1.04. The summed E-state index contributed by atoms with van der Waals surface area (Å²) in [6, 6.07) is 87.3. The van der Waals surface area contributed by atoms with Crippen molar-refractivity contribution < 1.29 is 0 Å². The Kier molecular flexibility index (Phi) is 10.0. The molecule has 13 rings (SSSR count). The lowest BCUT2D eigenvalue weighted by molar-refractivity contribution is 1.43. The van der Waals surface area contributed by atoms with Crippen molar-refractivity contribution in [3.05, 3.63) is 259 Å². The molecule has 0 saturated carbocycles. The highest BCUT2D eigenvalue weighted by atomic mass is 14.7. The van der Waals surface area contributed by atoms with Crippen molar-refractivity contribution >= 4 is 70.3 Å². The lowest BCUT2D eigenvalue weighted by atomic mass is 9.81. The van der Waals surface area contributed by atoms with E-state index >= 15 is 0 Å². The molecule has 0 saturated heterocycles. The second kappa shape index (κ2) is 17.1. The number of rotatable bonds is 6. The maximum atomic E-state index is 11.4. The largest absolute Gasteiger partial charge is 0.237 e. The quantitative estimate of drug-likeness (QED) is 0.123. The van der Waals surface area contributed by atoms with Crippen LogP contribution in [-0.4, -0.2) is 0 Å². The van der Waals surface area contributed by atoms with E-state index in [4.69, 9.17) is 6.57 Å². The van der Waals surface area contributed by atoms with Crippen LogP contribution in [-0.2, 0) is 0 Å². The molecule has 0 fully saturated rings. The third-order valence-electron chi connectivity index (χ3n) is 14.5. The fourth-order valence-corrected chi connectivity index (χ4v) is 11.3. The Hall–Kier alpha value is -10.1. The Labute approximate surface area is 416 Å². The van der Waals surface area contributed by atoms with Crippen LogP contribution in [0.5, 0.6) is 0 Å². The van der Waals surface area contributed by atoms with Crippen molar-refractivity contribution in [2.24, 2.45) is 0 Å². The fourth-order valence-electron chi connectivity index (χ4n) is 11.3. The molecule has 0 amide bonds. The minimum atomic E-state index is 0.261. The highest BCUT2D eigenvalue weighted by Gasteiger charge is 2.28. The van der Waals surface area contributed by atoms with Crippen LogP contribution in [0.15, 0.2) is 237 Å². The average molecular weight is 910 g/mol. The van der Waals surface area contributed by atoms with Gasteiger partial charge in [0.2, 0.25) is 5.69 Å². The monoisotopic (exact) mass is 909 g/mol. The first-order chi connectivity index (χ1) is 35.6. The van der Waals surface area contributed by atoms with Crippen LogP contribution < -0.4 is 0 Å². The third kappa shape index (κ3) is 6.71. The normalized spacial score (nSPS) is 11.3. The molecule has 330 valence electrons. The molecular weight excluding hydrogens is 871 g/mol. The summed E-state index contributed by atoms with van der Waals surface area (Å²) in [5.74, 6) is 0. The Morgan fingerprint density at radius 1 is 0.264 bits per heavy atom. The van der Waals surface area contributed by atoms with Gasteiger partial charge in [-0.2, -0.15) is 10.5 Å². The molecule has 0 atom stereocenters. The van der Waals surface area contributed by atoms with Gasteiger partial charge in [0.15, 0.2) is 0 Å². The summed E-state index contributed by atoms with van der Waals surface area (Å²) in [5, 5.41) is 36.6. The summed E-state index contributed by atoms with van der Waals surface area (Å²) in [4.78, 5) is 4.26. The molecule has 0 aliphatic rings. The maximum Gasteiger partial charge on any atom is 0.205 e. The summed E-state index contributed by atoms with van der Waals surface area (Å²) in [7, 11) is 0. The van der Waals surface area contributed by atoms with Gasteiger partial charge in [0.25, 0.3) is 0 Å². The van der Waals surface area contributed by atoms with E-state index in [2.05, 4.69) is 217 Å². The zero-order valence-electron chi connectivity index (χ0n) is 38.9. The van der Waals surface area contributed by atoms with Crippen molar-refractivity contribution in [3.63, 3.8) is 0 Å². The molecule has 0 aromatic heterocycles. The highest BCUT2D eigenvalue weighted by Crippen LogP contribution is 2.50. The van der Waals surface area contributed by atoms with Crippen LogP contribution in [0, 0.1) is 29.2 Å². The predicted molar refractivity (Wildman–Crippen MR) is 300 cm³/mol. The molecule has 72 heavy (non-hydrogen) atoms. The predicted octanol–water partition coefficient (Wildman–Crippen LogP) is 18.9. The van der Waals surface area contributed by atoms with Crippen LogP contribution in [0.4, 0.5) is 5.69 Å². The molecule has 0 heterocycles. The maximum absolute atomic E-state index is 11.4. The summed E-state index contributed by atoms with van der Waals surface area (Å²) >= 11 is 0. The first-order valence-corrected chi connectivity index (χ1v) is 24.1. The Bertz CT molecular complexity index is 3860. The van der Waals surface area contributed by atoms with Gasteiger partial charge in [0, 0.05) is 16.7 Å².